The molecule has 1 N–H and O–H groups in total. The minimum absolute atomic E-state index is 0.601. The van der Waals surface area contributed by atoms with E-state index >= 15 is 0 Å². The van der Waals surface area contributed by atoms with Crippen molar-refractivity contribution in [3.05, 3.63) is 29.3 Å². The summed E-state index contributed by atoms with van der Waals surface area (Å²) in [5.41, 5.74) is 0. The minimum Gasteiger partial charge on any atom is -0.315 e. The molecular weight excluding hydrogens is 238 g/mol. The quantitative estimate of drug-likeness (QED) is 0.580. The van der Waals surface area contributed by atoms with Crippen molar-refractivity contribution in [1.82, 2.24) is 5.32 Å². The standard InChI is InChI=1S/C13H20ClNS/c1-11(2)15-9-3-4-10-16-13-7-5-12(14)6-8-13/h5-8,11,15H,3-4,9-10H2,1-2H3. The van der Waals surface area contributed by atoms with E-state index in [-0.39, 0.29) is 0 Å². The highest BCUT2D eigenvalue weighted by atomic mass is 35.5. The first-order valence-electron chi connectivity index (χ1n) is 5.80. The van der Waals surface area contributed by atoms with Gasteiger partial charge >= 0.3 is 0 Å². The highest BCUT2D eigenvalue weighted by Gasteiger charge is 1.95. The summed E-state index contributed by atoms with van der Waals surface area (Å²) < 4.78 is 0. The largest absolute Gasteiger partial charge is 0.315 e. The van der Waals surface area contributed by atoms with Crippen LogP contribution in [0.5, 0.6) is 0 Å². The van der Waals surface area contributed by atoms with E-state index in [0.717, 1.165) is 11.6 Å². The van der Waals surface area contributed by atoms with Gasteiger partial charge in [0.05, 0.1) is 0 Å². The van der Waals surface area contributed by atoms with Crippen molar-refractivity contribution in [2.75, 3.05) is 12.3 Å². The first-order valence-corrected chi connectivity index (χ1v) is 7.16. The molecule has 0 atom stereocenters. The Bertz CT molecular complexity index is 284. The van der Waals surface area contributed by atoms with E-state index in [1.165, 1.54) is 23.5 Å². The van der Waals surface area contributed by atoms with Crippen LogP contribution in [-0.4, -0.2) is 18.3 Å². The number of hydrogen-bond acceptors (Lipinski definition) is 2. The number of benzene rings is 1. The maximum Gasteiger partial charge on any atom is 0.0406 e. The fourth-order valence-corrected chi connectivity index (χ4v) is 2.38. The second-order valence-electron chi connectivity index (χ2n) is 4.12. The van der Waals surface area contributed by atoms with Crippen LogP contribution >= 0.6 is 23.4 Å². The lowest BCUT2D eigenvalue weighted by Gasteiger charge is -2.07. The molecule has 0 saturated heterocycles. The van der Waals surface area contributed by atoms with Crippen LogP contribution in [0.3, 0.4) is 0 Å². The Hall–Kier alpha value is -0.180. The van der Waals surface area contributed by atoms with E-state index in [0.29, 0.717) is 6.04 Å². The summed E-state index contributed by atoms with van der Waals surface area (Å²) in [6.07, 6.45) is 2.51. The fraction of sp³-hybridized carbons (Fsp3) is 0.538. The first-order chi connectivity index (χ1) is 7.68. The summed E-state index contributed by atoms with van der Waals surface area (Å²) >= 11 is 7.73. The molecule has 0 bridgehead atoms. The van der Waals surface area contributed by atoms with Gasteiger partial charge in [0.25, 0.3) is 0 Å². The van der Waals surface area contributed by atoms with Gasteiger partial charge in [-0.2, -0.15) is 0 Å². The Morgan fingerprint density at radius 3 is 2.50 bits per heavy atom. The molecule has 0 aromatic heterocycles. The number of unbranched alkanes of at least 4 members (excludes halogenated alkanes) is 1. The van der Waals surface area contributed by atoms with Crippen molar-refractivity contribution in [3.63, 3.8) is 0 Å². The number of halogens is 1. The number of nitrogens with one attached hydrogen (secondary N) is 1. The molecule has 16 heavy (non-hydrogen) atoms. The topological polar surface area (TPSA) is 12.0 Å². The summed E-state index contributed by atoms with van der Waals surface area (Å²) in [7, 11) is 0. The van der Waals surface area contributed by atoms with Gasteiger partial charge < -0.3 is 5.32 Å². The Morgan fingerprint density at radius 2 is 1.88 bits per heavy atom. The van der Waals surface area contributed by atoms with Gasteiger partial charge in [0.15, 0.2) is 0 Å². The predicted molar refractivity (Wildman–Crippen MR) is 74.5 cm³/mol. The van der Waals surface area contributed by atoms with E-state index in [4.69, 9.17) is 11.6 Å². The molecule has 0 saturated carbocycles. The molecule has 0 unspecified atom stereocenters. The molecule has 0 aliphatic carbocycles. The summed E-state index contributed by atoms with van der Waals surface area (Å²) in [6.45, 7) is 5.49. The van der Waals surface area contributed by atoms with Gasteiger partial charge in [-0.05, 0) is 49.4 Å². The average Bonchev–Trinajstić information content (AvgIpc) is 2.25. The third-order valence-electron chi connectivity index (χ3n) is 2.21. The van der Waals surface area contributed by atoms with Crippen LogP contribution in [0.15, 0.2) is 29.2 Å². The van der Waals surface area contributed by atoms with E-state index in [2.05, 4.69) is 31.3 Å². The van der Waals surface area contributed by atoms with Crippen LogP contribution in [0.25, 0.3) is 0 Å². The van der Waals surface area contributed by atoms with E-state index in [9.17, 15) is 0 Å². The van der Waals surface area contributed by atoms with Gasteiger partial charge in [0, 0.05) is 16.0 Å². The summed E-state index contributed by atoms with van der Waals surface area (Å²) in [6, 6.07) is 8.66. The number of rotatable bonds is 7. The molecule has 0 heterocycles. The highest BCUT2D eigenvalue weighted by molar-refractivity contribution is 7.99. The van der Waals surface area contributed by atoms with Gasteiger partial charge in [-0.25, -0.2) is 0 Å². The van der Waals surface area contributed by atoms with Gasteiger partial charge in [-0.3, -0.25) is 0 Å². The smallest absolute Gasteiger partial charge is 0.0406 e. The summed E-state index contributed by atoms with van der Waals surface area (Å²) in [5.74, 6) is 1.18. The van der Waals surface area contributed by atoms with Crippen LogP contribution in [0, 0.1) is 0 Å². The molecule has 0 fully saturated rings. The van der Waals surface area contributed by atoms with Gasteiger partial charge in [-0.1, -0.05) is 25.4 Å². The van der Waals surface area contributed by atoms with Crippen LogP contribution in [0.4, 0.5) is 0 Å². The van der Waals surface area contributed by atoms with Crippen molar-refractivity contribution >= 4 is 23.4 Å². The zero-order valence-electron chi connectivity index (χ0n) is 10.0. The predicted octanol–water partition coefficient (Wildman–Crippen LogP) is 4.21. The molecule has 0 aliphatic rings. The second kappa shape index (κ2) is 7.99. The van der Waals surface area contributed by atoms with Gasteiger partial charge in [-0.15, -0.1) is 11.8 Å². The van der Waals surface area contributed by atoms with Crippen molar-refractivity contribution in [1.29, 1.82) is 0 Å². The zero-order valence-corrected chi connectivity index (χ0v) is 11.6. The molecule has 0 radical (unpaired) electrons. The Kier molecular flexibility index (Phi) is 6.93. The van der Waals surface area contributed by atoms with Crippen LogP contribution < -0.4 is 5.32 Å². The molecule has 1 aromatic rings. The van der Waals surface area contributed by atoms with E-state index < -0.39 is 0 Å². The van der Waals surface area contributed by atoms with Crippen LogP contribution in [0.1, 0.15) is 26.7 Å². The lowest BCUT2D eigenvalue weighted by Crippen LogP contribution is -2.23. The average molecular weight is 258 g/mol. The lowest BCUT2D eigenvalue weighted by molar-refractivity contribution is 0.567. The number of thioether (sulfide) groups is 1. The summed E-state index contributed by atoms with van der Waals surface area (Å²) in [4.78, 5) is 1.31. The third-order valence-corrected chi connectivity index (χ3v) is 3.56. The SMILES string of the molecule is CC(C)NCCCCSc1ccc(Cl)cc1. The highest BCUT2D eigenvalue weighted by Crippen LogP contribution is 2.21. The third kappa shape index (κ3) is 6.41. The molecule has 0 amide bonds. The molecular formula is C13H20ClNS. The molecule has 3 heteroatoms. The first kappa shape index (κ1) is 13.9. The zero-order chi connectivity index (χ0) is 11.8. The van der Waals surface area contributed by atoms with E-state index in [1.807, 2.05) is 23.9 Å². The molecule has 1 rings (SSSR count). The van der Waals surface area contributed by atoms with Crippen molar-refractivity contribution in [2.24, 2.45) is 0 Å². The summed E-state index contributed by atoms with van der Waals surface area (Å²) in [5, 5.41) is 4.24. The van der Waals surface area contributed by atoms with Crippen molar-refractivity contribution < 1.29 is 0 Å². The fourth-order valence-electron chi connectivity index (χ4n) is 1.34. The normalized spacial score (nSPS) is 11.0. The second-order valence-corrected chi connectivity index (χ2v) is 5.72. The molecule has 0 aliphatic heterocycles. The van der Waals surface area contributed by atoms with Crippen LogP contribution in [-0.2, 0) is 0 Å². The molecule has 90 valence electrons. The maximum absolute atomic E-state index is 5.83. The molecule has 1 aromatic carbocycles. The van der Waals surface area contributed by atoms with Gasteiger partial charge in [0.2, 0.25) is 0 Å². The van der Waals surface area contributed by atoms with Crippen LogP contribution in [0.2, 0.25) is 5.02 Å². The van der Waals surface area contributed by atoms with E-state index in [1.54, 1.807) is 0 Å². The number of hydrogen-bond donors (Lipinski definition) is 1. The molecule has 1 nitrogen and oxygen atoms in total. The Balaban J connectivity index is 2.05. The maximum atomic E-state index is 5.83. The monoisotopic (exact) mass is 257 g/mol. The Morgan fingerprint density at radius 1 is 1.19 bits per heavy atom. The van der Waals surface area contributed by atoms with Crippen molar-refractivity contribution in [2.45, 2.75) is 37.6 Å². The lowest BCUT2D eigenvalue weighted by atomic mass is 10.3. The minimum atomic E-state index is 0.601. The molecule has 0 spiro atoms. The Labute approximate surface area is 108 Å². The van der Waals surface area contributed by atoms with Crippen molar-refractivity contribution in [3.8, 4) is 0 Å². The van der Waals surface area contributed by atoms with Gasteiger partial charge in [0.1, 0.15) is 0 Å².